The van der Waals surface area contributed by atoms with E-state index >= 15 is 0 Å². The fourth-order valence-corrected chi connectivity index (χ4v) is 3.58. The van der Waals surface area contributed by atoms with Crippen LogP contribution in [0.25, 0.3) is 0 Å². The van der Waals surface area contributed by atoms with Crippen molar-refractivity contribution in [1.29, 1.82) is 0 Å². The van der Waals surface area contributed by atoms with Crippen molar-refractivity contribution in [3.05, 3.63) is 18.2 Å². The van der Waals surface area contributed by atoms with Crippen LogP contribution in [0.2, 0.25) is 0 Å². The van der Waals surface area contributed by atoms with Crippen LogP contribution in [0.15, 0.2) is 17.4 Å². The number of nitrogens with zero attached hydrogens (tertiary/aromatic N) is 4. The summed E-state index contributed by atoms with van der Waals surface area (Å²) < 4.78 is 87.1. The number of piperidine rings is 1. The minimum absolute atomic E-state index is 0. The van der Waals surface area contributed by atoms with Gasteiger partial charge in [-0.3, -0.25) is 9.56 Å². The van der Waals surface area contributed by atoms with Gasteiger partial charge < -0.3 is 10.6 Å². The van der Waals surface area contributed by atoms with Gasteiger partial charge in [0.05, 0.1) is 6.54 Å². The lowest BCUT2D eigenvalue weighted by Gasteiger charge is -2.32. The van der Waals surface area contributed by atoms with Gasteiger partial charge in [0.2, 0.25) is 0 Å². The highest BCUT2D eigenvalue weighted by atomic mass is 127. The van der Waals surface area contributed by atoms with E-state index in [0.29, 0.717) is 8.87 Å². The van der Waals surface area contributed by atoms with Crippen molar-refractivity contribution in [3.63, 3.8) is 0 Å². The van der Waals surface area contributed by atoms with E-state index < -0.39 is 22.1 Å². The van der Waals surface area contributed by atoms with Crippen molar-refractivity contribution in [2.75, 3.05) is 20.1 Å². The van der Waals surface area contributed by atoms with Crippen molar-refractivity contribution in [1.82, 2.24) is 24.5 Å². The maximum absolute atomic E-state index is 12.8. The second-order valence-corrected chi connectivity index (χ2v) is 7.65. The van der Waals surface area contributed by atoms with E-state index in [9.17, 15) is 30.4 Å². The third-order valence-electron chi connectivity index (χ3n) is 4.02. The minimum Gasteiger partial charge on any atom is -0.354 e. The number of rotatable bonds is 5. The van der Waals surface area contributed by atoms with Crippen LogP contribution < -0.4 is 10.6 Å². The molecule has 15 heteroatoms. The van der Waals surface area contributed by atoms with E-state index in [2.05, 4.69) is 20.6 Å². The first-order valence-electron chi connectivity index (χ1n) is 7.89. The second kappa shape index (κ2) is 10.00. The lowest BCUT2D eigenvalue weighted by atomic mass is 10.1. The van der Waals surface area contributed by atoms with Crippen LogP contribution in [0.5, 0.6) is 0 Å². The molecule has 2 rings (SSSR count). The molecule has 1 aliphatic heterocycles. The van der Waals surface area contributed by atoms with Gasteiger partial charge in [0.15, 0.2) is 5.96 Å². The Morgan fingerprint density at radius 2 is 1.96 bits per heavy atom. The highest BCUT2D eigenvalue weighted by Crippen LogP contribution is 2.28. The maximum atomic E-state index is 12.8. The second-order valence-electron chi connectivity index (χ2n) is 5.72. The standard InChI is InChI=1S/C13H19F5N6O2S.HI/c1-19-12(21-8-10-20-4-7-24(10)11(14)15)22-9-2-5-23(6-3-9)27(25,26)13(16,17)18;/h4,7,9,11H,2-3,5-6,8H2,1H3,(H2,19,21,22);1H. The van der Waals surface area contributed by atoms with Crippen LogP contribution >= 0.6 is 24.0 Å². The molecule has 1 fully saturated rings. The average Bonchev–Trinajstić information content (AvgIpc) is 3.07. The van der Waals surface area contributed by atoms with Crippen molar-refractivity contribution < 1.29 is 30.4 Å². The molecule has 0 radical (unpaired) electrons. The SMILES string of the molecule is CN=C(NCc1nccn1C(F)F)NC1CCN(S(=O)(=O)C(F)(F)F)CC1.I. The lowest BCUT2D eigenvalue weighted by Crippen LogP contribution is -2.51. The quantitative estimate of drug-likeness (QED) is 0.255. The smallest absolute Gasteiger partial charge is 0.354 e. The number of sulfonamides is 1. The first-order chi connectivity index (χ1) is 12.6. The summed E-state index contributed by atoms with van der Waals surface area (Å²) in [5.74, 6) is 0.329. The Morgan fingerprint density at radius 1 is 1.36 bits per heavy atom. The van der Waals surface area contributed by atoms with Crippen LogP contribution in [0, 0.1) is 0 Å². The summed E-state index contributed by atoms with van der Waals surface area (Å²) in [7, 11) is -3.89. The highest BCUT2D eigenvalue weighted by Gasteiger charge is 2.50. The molecular formula is C13H20F5IN6O2S. The fourth-order valence-electron chi connectivity index (χ4n) is 2.60. The van der Waals surface area contributed by atoms with Crippen molar-refractivity contribution in [2.24, 2.45) is 4.99 Å². The summed E-state index contributed by atoms with van der Waals surface area (Å²) in [6.07, 6.45) is 2.65. The number of hydrogen-bond acceptors (Lipinski definition) is 4. The lowest BCUT2D eigenvalue weighted by molar-refractivity contribution is -0.0494. The van der Waals surface area contributed by atoms with Crippen molar-refractivity contribution >= 4 is 40.0 Å². The number of hydrogen-bond donors (Lipinski definition) is 2. The molecule has 0 bridgehead atoms. The molecule has 0 atom stereocenters. The molecular weight excluding hydrogens is 526 g/mol. The van der Waals surface area contributed by atoms with Crippen LogP contribution in [-0.2, 0) is 16.6 Å². The monoisotopic (exact) mass is 546 g/mol. The number of imidazole rings is 1. The van der Waals surface area contributed by atoms with Gasteiger partial charge >= 0.3 is 22.1 Å². The van der Waals surface area contributed by atoms with Crippen molar-refractivity contribution in [2.45, 2.75) is 37.5 Å². The summed E-state index contributed by atoms with van der Waals surface area (Å²) in [6, 6.07) is -0.314. The van der Waals surface area contributed by atoms with E-state index in [-0.39, 0.29) is 74.3 Å². The molecule has 1 aromatic heterocycles. The first kappa shape index (κ1) is 24.8. The minimum atomic E-state index is -5.33. The zero-order valence-corrected chi connectivity index (χ0v) is 17.8. The van der Waals surface area contributed by atoms with E-state index in [1.165, 1.54) is 13.2 Å². The molecule has 2 N–H and O–H groups in total. The van der Waals surface area contributed by atoms with E-state index in [1.807, 2.05) is 0 Å². The first-order valence-corrected chi connectivity index (χ1v) is 9.33. The van der Waals surface area contributed by atoms with Crippen LogP contribution in [0.4, 0.5) is 22.0 Å². The summed E-state index contributed by atoms with van der Waals surface area (Å²) in [5, 5.41) is 5.73. The number of guanidine groups is 1. The number of alkyl halides is 5. The third-order valence-corrected chi connectivity index (χ3v) is 5.65. The van der Waals surface area contributed by atoms with Gasteiger partial charge in [-0.25, -0.2) is 13.4 Å². The van der Waals surface area contributed by atoms with Gasteiger partial charge in [-0.15, -0.1) is 24.0 Å². The molecule has 0 saturated carbocycles. The van der Waals surface area contributed by atoms with Gasteiger partial charge in [-0.2, -0.15) is 26.3 Å². The Labute approximate surface area is 175 Å². The molecule has 0 spiro atoms. The van der Waals surface area contributed by atoms with Crippen LogP contribution in [0.3, 0.4) is 0 Å². The summed E-state index contributed by atoms with van der Waals surface area (Å²) in [5.41, 5.74) is -5.32. The average molecular weight is 546 g/mol. The van der Waals surface area contributed by atoms with E-state index in [1.54, 1.807) is 0 Å². The molecule has 2 heterocycles. The Morgan fingerprint density at radius 3 is 2.46 bits per heavy atom. The number of aliphatic imine (C=N–C) groups is 1. The normalized spacial score (nSPS) is 17.5. The summed E-state index contributed by atoms with van der Waals surface area (Å²) in [6.45, 7) is -3.35. The van der Waals surface area contributed by atoms with Gasteiger partial charge in [-0.1, -0.05) is 0 Å². The summed E-state index contributed by atoms with van der Waals surface area (Å²) in [4.78, 5) is 7.73. The highest BCUT2D eigenvalue weighted by molar-refractivity contribution is 14.0. The van der Waals surface area contributed by atoms with E-state index in [0.717, 1.165) is 6.20 Å². The molecule has 8 nitrogen and oxygen atoms in total. The molecule has 1 aromatic rings. The molecule has 0 aliphatic carbocycles. The van der Waals surface area contributed by atoms with Gasteiger partial charge in [0.1, 0.15) is 5.82 Å². The summed E-state index contributed by atoms with van der Waals surface area (Å²) >= 11 is 0. The van der Waals surface area contributed by atoms with Gasteiger partial charge in [0.25, 0.3) is 0 Å². The van der Waals surface area contributed by atoms with Gasteiger partial charge in [0, 0.05) is 38.6 Å². The molecule has 162 valence electrons. The Hall–Kier alpha value is -1.23. The topological polar surface area (TPSA) is 91.6 Å². The van der Waals surface area contributed by atoms with E-state index in [4.69, 9.17) is 0 Å². The Balaban J connectivity index is 0.00000392. The fraction of sp³-hybridized carbons (Fsp3) is 0.692. The molecule has 0 unspecified atom stereocenters. The number of nitrogens with one attached hydrogen (secondary N) is 2. The number of halogens is 6. The zero-order chi connectivity index (χ0) is 20.2. The molecule has 1 aliphatic rings. The molecule has 28 heavy (non-hydrogen) atoms. The van der Waals surface area contributed by atoms with Crippen LogP contribution in [0.1, 0.15) is 25.2 Å². The predicted molar refractivity (Wildman–Crippen MR) is 102 cm³/mol. The van der Waals surface area contributed by atoms with Crippen LogP contribution in [-0.4, -0.2) is 59.9 Å². The maximum Gasteiger partial charge on any atom is 0.511 e. The van der Waals surface area contributed by atoms with Crippen molar-refractivity contribution in [3.8, 4) is 0 Å². The molecule has 1 saturated heterocycles. The largest absolute Gasteiger partial charge is 0.511 e. The molecule has 0 amide bonds. The molecule has 0 aromatic carbocycles. The van der Waals surface area contributed by atoms with Gasteiger partial charge in [-0.05, 0) is 12.8 Å². The Bertz CT molecular complexity index is 762. The number of aromatic nitrogens is 2. The Kier molecular flexibility index (Phi) is 8.86. The predicted octanol–water partition coefficient (Wildman–Crippen LogP) is 1.88. The third kappa shape index (κ3) is 5.88. The zero-order valence-electron chi connectivity index (χ0n) is 14.7.